The SMILES string of the molecule is CCCC1CCN(C(C)CC(=N)N)C1. The van der Waals surface area contributed by atoms with E-state index in [1.807, 2.05) is 0 Å². The Hall–Kier alpha value is -0.570. The fourth-order valence-electron chi connectivity index (χ4n) is 2.35. The van der Waals surface area contributed by atoms with Crippen LogP contribution in [-0.2, 0) is 0 Å². The highest BCUT2D eigenvalue weighted by Gasteiger charge is 2.25. The van der Waals surface area contributed by atoms with Gasteiger partial charge in [0.2, 0.25) is 0 Å². The average molecular weight is 197 g/mol. The monoisotopic (exact) mass is 197 g/mol. The second-order valence-corrected chi connectivity index (χ2v) is 4.52. The van der Waals surface area contributed by atoms with Crippen molar-refractivity contribution >= 4 is 5.84 Å². The molecular weight excluding hydrogens is 174 g/mol. The van der Waals surface area contributed by atoms with Crippen LogP contribution in [0.4, 0.5) is 0 Å². The number of likely N-dealkylation sites (tertiary alicyclic amines) is 1. The third-order valence-electron chi connectivity index (χ3n) is 3.15. The first kappa shape index (κ1) is 11.5. The van der Waals surface area contributed by atoms with Gasteiger partial charge in [0.05, 0.1) is 5.84 Å². The molecule has 1 fully saturated rings. The fraction of sp³-hybridized carbons (Fsp3) is 0.909. The van der Waals surface area contributed by atoms with Crippen molar-refractivity contribution < 1.29 is 0 Å². The van der Waals surface area contributed by atoms with Crippen LogP contribution in [0.2, 0.25) is 0 Å². The summed E-state index contributed by atoms with van der Waals surface area (Å²) in [6, 6.07) is 0.453. The molecule has 0 amide bonds. The summed E-state index contributed by atoms with van der Waals surface area (Å²) in [5, 5.41) is 7.27. The lowest BCUT2D eigenvalue weighted by molar-refractivity contribution is 0.252. The standard InChI is InChI=1S/C11H23N3/c1-3-4-10-5-6-14(8-10)9(2)7-11(12)13/h9-10H,3-8H2,1-2H3,(H3,12,13). The molecule has 0 aromatic heterocycles. The van der Waals surface area contributed by atoms with Gasteiger partial charge in [-0.3, -0.25) is 10.3 Å². The van der Waals surface area contributed by atoms with Crippen molar-refractivity contribution in [2.75, 3.05) is 13.1 Å². The van der Waals surface area contributed by atoms with E-state index in [9.17, 15) is 0 Å². The van der Waals surface area contributed by atoms with Crippen LogP contribution in [0.1, 0.15) is 39.5 Å². The van der Waals surface area contributed by atoms with Gasteiger partial charge in [-0.25, -0.2) is 0 Å². The predicted molar refractivity (Wildman–Crippen MR) is 60.6 cm³/mol. The third-order valence-corrected chi connectivity index (χ3v) is 3.15. The summed E-state index contributed by atoms with van der Waals surface area (Å²) in [5.74, 6) is 1.20. The van der Waals surface area contributed by atoms with Crippen LogP contribution in [-0.4, -0.2) is 29.9 Å². The average Bonchev–Trinajstić information content (AvgIpc) is 2.52. The van der Waals surface area contributed by atoms with E-state index in [1.165, 1.54) is 32.4 Å². The Morgan fingerprint density at radius 2 is 2.36 bits per heavy atom. The van der Waals surface area contributed by atoms with E-state index in [-0.39, 0.29) is 0 Å². The van der Waals surface area contributed by atoms with Crippen molar-refractivity contribution in [1.82, 2.24) is 4.90 Å². The molecule has 0 aliphatic carbocycles. The molecule has 0 bridgehead atoms. The van der Waals surface area contributed by atoms with Crippen molar-refractivity contribution in [2.24, 2.45) is 11.7 Å². The lowest BCUT2D eigenvalue weighted by Gasteiger charge is -2.23. The zero-order valence-corrected chi connectivity index (χ0v) is 9.42. The first-order valence-electron chi connectivity index (χ1n) is 5.70. The van der Waals surface area contributed by atoms with Crippen LogP contribution in [0.25, 0.3) is 0 Å². The maximum Gasteiger partial charge on any atom is 0.0920 e. The molecule has 1 saturated heterocycles. The molecule has 0 aromatic rings. The molecule has 1 heterocycles. The minimum absolute atomic E-state index is 0.316. The topological polar surface area (TPSA) is 53.1 Å². The van der Waals surface area contributed by atoms with Gasteiger partial charge < -0.3 is 5.73 Å². The summed E-state index contributed by atoms with van der Waals surface area (Å²) in [6.07, 6.45) is 4.69. The smallest absolute Gasteiger partial charge is 0.0920 e. The zero-order valence-electron chi connectivity index (χ0n) is 9.42. The predicted octanol–water partition coefficient (Wildman–Crippen LogP) is 1.82. The highest BCUT2D eigenvalue weighted by molar-refractivity contribution is 5.77. The molecule has 0 spiro atoms. The van der Waals surface area contributed by atoms with Gasteiger partial charge in [-0.15, -0.1) is 0 Å². The van der Waals surface area contributed by atoms with E-state index < -0.39 is 0 Å². The zero-order chi connectivity index (χ0) is 10.6. The lowest BCUT2D eigenvalue weighted by Crippen LogP contribution is -2.34. The second-order valence-electron chi connectivity index (χ2n) is 4.52. The number of rotatable bonds is 5. The van der Waals surface area contributed by atoms with Crippen LogP contribution in [0, 0.1) is 11.3 Å². The fourth-order valence-corrected chi connectivity index (χ4v) is 2.35. The summed E-state index contributed by atoms with van der Waals surface area (Å²) in [6.45, 7) is 6.83. The molecule has 0 saturated carbocycles. The van der Waals surface area contributed by atoms with E-state index in [1.54, 1.807) is 0 Å². The first-order chi connectivity index (χ1) is 6.63. The van der Waals surface area contributed by atoms with Crippen molar-refractivity contribution in [2.45, 2.75) is 45.6 Å². The molecule has 2 unspecified atom stereocenters. The Bertz CT molecular complexity index is 191. The van der Waals surface area contributed by atoms with Crippen LogP contribution >= 0.6 is 0 Å². The van der Waals surface area contributed by atoms with Crippen LogP contribution in [0.15, 0.2) is 0 Å². The van der Waals surface area contributed by atoms with Gasteiger partial charge in [0.1, 0.15) is 0 Å². The summed E-state index contributed by atoms with van der Waals surface area (Å²) in [5.41, 5.74) is 5.41. The van der Waals surface area contributed by atoms with E-state index in [0.29, 0.717) is 11.9 Å². The molecule has 0 aromatic carbocycles. The van der Waals surface area contributed by atoms with Crippen LogP contribution in [0.3, 0.4) is 0 Å². The number of nitrogens with two attached hydrogens (primary N) is 1. The highest BCUT2D eigenvalue weighted by Crippen LogP contribution is 2.23. The maximum absolute atomic E-state index is 7.27. The summed E-state index contributed by atoms with van der Waals surface area (Å²) in [7, 11) is 0. The normalized spacial score (nSPS) is 25.1. The molecule has 82 valence electrons. The van der Waals surface area contributed by atoms with E-state index >= 15 is 0 Å². The van der Waals surface area contributed by atoms with Gasteiger partial charge in [-0.05, 0) is 32.2 Å². The van der Waals surface area contributed by atoms with Gasteiger partial charge in [0.15, 0.2) is 0 Å². The molecule has 14 heavy (non-hydrogen) atoms. The molecule has 3 nitrogen and oxygen atoms in total. The van der Waals surface area contributed by atoms with Gasteiger partial charge in [-0.2, -0.15) is 0 Å². The van der Waals surface area contributed by atoms with Crippen molar-refractivity contribution in [3.8, 4) is 0 Å². The second kappa shape index (κ2) is 5.35. The number of amidine groups is 1. The van der Waals surface area contributed by atoms with Crippen molar-refractivity contribution in [3.63, 3.8) is 0 Å². The minimum atomic E-state index is 0.316. The number of hydrogen-bond donors (Lipinski definition) is 2. The molecule has 3 heteroatoms. The van der Waals surface area contributed by atoms with Gasteiger partial charge >= 0.3 is 0 Å². The summed E-state index contributed by atoms with van der Waals surface area (Å²) in [4.78, 5) is 2.47. The molecule has 2 atom stereocenters. The van der Waals surface area contributed by atoms with E-state index in [0.717, 1.165) is 12.3 Å². The quantitative estimate of drug-likeness (QED) is 0.522. The Labute approximate surface area is 87.2 Å². The number of nitrogens with zero attached hydrogens (tertiary/aromatic N) is 1. The molecule has 1 aliphatic rings. The van der Waals surface area contributed by atoms with Crippen LogP contribution in [0.5, 0.6) is 0 Å². The molecule has 0 radical (unpaired) electrons. The Balaban J connectivity index is 2.30. The largest absolute Gasteiger partial charge is 0.388 e. The Morgan fingerprint density at radius 3 is 2.93 bits per heavy atom. The number of nitrogens with one attached hydrogen (secondary N) is 1. The molecule has 1 aliphatic heterocycles. The summed E-state index contributed by atoms with van der Waals surface area (Å²) < 4.78 is 0. The minimum Gasteiger partial charge on any atom is -0.388 e. The van der Waals surface area contributed by atoms with Gasteiger partial charge in [0.25, 0.3) is 0 Å². The Morgan fingerprint density at radius 1 is 1.64 bits per heavy atom. The molecular formula is C11H23N3. The summed E-state index contributed by atoms with van der Waals surface area (Å²) >= 11 is 0. The van der Waals surface area contributed by atoms with Crippen LogP contribution < -0.4 is 5.73 Å². The van der Waals surface area contributed by atoms with Crippen molar-refractivity contribution in [3.05, 3.63) is 0 Å². The highest BCUT2D eigenvalue weighted by atomic mass is 15.2. The first-order valence-corrected chi connectivity index (χ1v) is 5.70. The molecule has 3 N–H and O–H groups in total. The maximum atomic E-state index is 7.27. The number of hydrogen-bond acceptors (Lipinski definition) is 2. The van der Waals surface area contributed by atoms with E-state index in [2.05, 4.69) is 18.7 Å². The Kier molecular flexibility index (Phi) is 4.39. The van der Waals surface area contributed by atoms with Gasteiger partial charge in [-0.1, -0.05) is 13.3 Å². The van der Waals surface area contributed by atoms with E-state index in [4.69, 9.17) is 11.1 Å². The van der Waals surface area contributed by atoms with Crippen molar-refractivity contribution in [1.29, 1.82) is 5.41 Å². The third kappa shape index (κ3) is 3.29. The lowest BCUT2D eigenvalue weighted by atomic mass is 10.0. The molecule has 1 rings (SSSR count). The van der Waals surface area contributed by atoms with Gasteiger partial charge in [0, 0.05) is 19.0 Å².